The molecule has 1 aliphatic rings. The third kappa shape index (κ3) is 6.52. The van der Waals surface area contributed by atoms with E-state index >= 15 is 0 Å². The van der Waals surface area contributed by atoms with Crippen LogP contribution < -0.4 is 10.1 Å². The number of carbonyl (C=O) groups is 1. The van der Waals surface area contributed by atoms with Gasteiger partial charge < -0.3 is 30.3 Å². The zero-order valence-corrected chi connectivity index (χ0v) is 23.7. The van der Waals surface area contributed by atoms with Gasteiger partial charge in [-0.25, -0.2) is 4.79 Å². The van der Waals surface area contributed by atoms with Crippen LogP contribution >= 0.6 is 0 Å². The number of benzene rings is 3. The normalized spacial score (nSPS) is 17.5. The topological polar surface area (TPSA) is 102 Å². The Morgan fingerprint density at radius 3 is 2.20 bits per heavy atom. The lowest BCUT2D eigenvalue weighted by atomic mass is 9.87. The van der Waals surface area contributed by atoms with Gasteiger partial charge in [-0.3, -0.25) is 0 Å². The molecule has 238 valence electrons. The van der Waals surface area contributed by atoms with Crippen molar-refractivity contribution < 1.29 is 51.2 Å². The quantitative estimate of drug-likeness (QED) is 0.111. The molecule has 3 aromatic rings. The van der Waals surface area contributed by atoms with Gasteiger partial charge in [0.05, 0.1) is 12.1 Å². The van der Waals surface area contributed by atoms with Crippen molar-refractivity contribution in [3.05, 3.63) is 89.0 Å². The predicted molar refractivity (Wildman–Crippen MR) is 148 cm³/mol. The second-order valence-corrected chi connectivity index (χ2v) is 10.7. The maximum atomic E-state index is 13.5. The molecule has 13 heteroatoms. The van der Waals surface area contributed by atoms with Gasteiger partial charge in [-0.1, -0.05) is 49.4 Å². The van der Waals surface area contributed by atoms with Crippen molar-refractivity contribution >= 4 is 6.03 Å². The SMILES string of the molecule is CCC1(c2ccc(O)c(O)c2)CN(CCCCOc2ccc(C(O)(C(F)(F)F)C(F)(F)F)cc2Cc2ccccc2)C(=O)N1. The molecule has 0 aliphatic carbocycles. The number of unbranched alkanes of at least 4 members (excludes halogenated alkanes) is 1. The molecule has 0 radical (unpaired) electrons. The lowest BCUT2D eigenvalue weighted by Gasteiger charge is -2.33. The molecule has 4 rings (SSSR count). The summed E-state index contributed by atoms with van der Waals surface area (Å²) in [5, 5.41) is 32.4. The van der Waals surface area contributed by atoms with E-state index in [9.17, 15) is 46.5 Å². The largest absolute Gasteiger partial charge is 0.504 e. The van der Waals surface area contributed by atoms with Crippen LogP contribution in [0.5, 0.6) is 17.2 Å². The van der Waals surface area contributed by atoms with E-state index in [2.05, 4.69) is 5.32 Å². The molecule has 1 fully saturated rings. The number of phenolic OH excluding ortho intramolecular Hbond substituents is 2. The van der Waals surface area contributed by atoms with Crippen LogP contribution in [0.25, 0.3) is 0 Å². The van der Waals surface area contributed by atoms with E-state index in [4.69, 9.17) is 4.74 Å². The monoisotopic (exact) mass is 626 g/mol. The average molecular weight is 627 g/mol. The molecule has 4 N–H and O–H groups in total. The van der Waals surface area contributed by atoms with Crippen molar-refractivity contribution in [3.63, 3.8) is 0 Å². The number of aliphatic hydroxyl groups is 1. The highest BCUT2D eigenvalue weighted by molar-refractivity contribution is 5.78. The zero-order chi connectivity index (χ0) is 32.3. The van der Waals surface area contributed by atoms with E-state index < -0.39 is 29.1 Å². The Morgan fingerprint density at radius 2 is 1.59 bits per heavy atom. The first-order chi connectivity index (χ1) is 20.6. The molecule has 1 heterocycles. The van der Waals surface area contributed by atoms with Crippen LogP contribution in [0.4, 0.5) is 31.1 Å². The van der Waals surface area contributed by atoms with Gasteiger partial charge in [-0.2, -0.15) is 26.3 Å². The molecular weight excluding hydrogens is 594 g/mol. The predicted octanol–water partition coefficient (Wildman–Crippen LogP) is 6.49. The van der Waals surface area contributed by atoms with Gasteiger partial charge in [-0.05, 0) is 60.2 Å². The Bertz CT molecular complexity index is 1450. The van der Waals surface area contributed by atoms with Gasteiger partial charge in [0, 0.05) is 25.1 Å². The van der Waals surface area contributed by atoms with Crippen molar-refractivity contribution in [2.45, 2.75) is 56.1 Å². The second kappa shape index (κ2) is 12.5. The maximum Gasteiger partial charge on any atom is 0.430 e. The number of aromatic hydroxyl groups is 2. The lowest BCUT2D eigenvalue weighted by molar-refractivity contribution is -0.376. The summed E-state index contributed by atoms with van der Waals surface area (Å²) in [5.74, 6) is -0.513. The van der Waals surface area contributed by atoms with Crippen LogP contribution in [0.15, 0.2) is 66.7 Å². The van der Waals surface area contributed by atoms with Gasteiger partial charge >= 0.3 is 18.4 Å². The number of hydrogen-bond donors (Lipinski definition) is 4. The van der Waals surface area contributed by atoms with Crippen LogP contribution in [0.2, 0.25) is 0 Å². The highest BCUT2D eigenvalue weighted by atomic mass is 19.4. The van der Waals surface area contributed by atoms with E-state index in [1.54, 1.807) is 41.3 Å². The second-order valence-electron chi connectivity index (χ2n) is 10.7. The van der Waals surface area contributed by atoms with Crippen LogP contribution in [0, 0.1) is 0 Å². The third-order valence-corrected chi connectivity index (χ3v) is 7.84. The van der Waals surface area contributed by atoms with E-state index in [0.717, 1.165) is 6.07 Å². The fourth-order valence-corrected chi connectivity index (χ4v) is 5.26. The highest BCUT2D eigenvalue weighted by Gasteiger charge is 2.71. The molecule has 1 saturated heterocycles. The van der Waals surface area contributed by atoms with Gasteiger partial charge in [0.2, 0.25) is 0 Å². The number of hydrogen-bond acceptors (Lipinski definition) is 5. The number of urea groups is 1. The van der Waals surface area contributed by atoms with Crippen LogP contribution in [-0.4, -0.2) is 58.3 Å². The molecule has 0 spiro atoms. The van der Waals surface area contributed by atoms with Crippen LogP contribution in [0.1, 0.15) is 48.4 Å². The molecule has 3 aromatic carbocycles. The van der Waals surface area contributed by atoms with Gasteiger partial charge in [0.1, 0.15) is 5.75 Å². The number of nitrogens with one attached hydrogen (secondary N) is 1. The molecule has 0 saturated carbocycles. The molecule has 1 unspecified atom stereocenters. The number of halogens is 6. The van der Waals surface area contributed by atoms with Gasteiger partial charge in [0.25, 0.3) is 5.60 Å². The number of rotatable bonds is 11. The molecule has 0 aromatic heterocycles. The van der Waals surface area contributed by atoms with Crippen LogP contribution in [-0.2, 0) is 17.6 Å². The smallest absolute Gasteiger partial charge is 0.430 e. The zero-order valence-electron chi connectivity index (χ0n) is 23.7. The summed E-state index contributed by atoms with van der Waals surface area (Å²) in [7, 11) is 0. The Hall–Kier alpha value is -4.13. The van der Waals surface area contributed by atoms with E-state index in [-0.39, 0.29) is 41.9 Å². The molecule has 0 bridgehead atoms. The number of nitrogens with zero attached hydrogens (tertiary/aromatic N) is 1. The first-order valence-corrected chi connectivity index (χ1v) is 13.9. The number of amides is 2. The molecule has 2 amide bonds. The maximum absolute atomic E-state index is 13.5. The summed E-state index contributed by atoms with van der Waals surface area (Å²) in [4.78, 5) is 14.3. The van der Waals surface area contributed by atoms with E-state index in [0.29, 0.717) is 55.6 Å². The fourth-order valence-electron chi connectivity index (χ4n) is 5.26. The Balaban J connectivity index is 1.44. The highest BCUT2D eigenvalue weighted by Crippen LogP contribution is 2.50. The minimum Gasteiger partial charge on any atom is -0.504 e. The number of alkyl halides is 6. The van der Waals surface area contributed by atoms with Crippen molar-refractivity contribution in [1.82, 2.24) is 10.2 Å². The number of carbonyl (C=O) groups excluding carboxylic acids is 1. The van der Waals surface area contributed by atoms with Crippen LogP contribution in [0.3, 0.4) is 0 Å². The first-order valence-electron chi connectivity index (χ1n) is 13.9. The van der Waals surface area contributed by atoms with E-state index in [1.165, 1.54) is 12.1 Å². The van der Waals surface area contributed by atoms with E-state index in [1.807, 2.05) is 6.92 Å². The fraction of sp³-hybridized carbons (Fsp3) is 0.387. The summed E-state index contributed by atoms with van der Waals surface area (Å²) < 4.78 is 87.0. The minimum absolute atomic E-state index is 0.0319. The van der Waals surface area contributed by atoms with Gasteiger partial charge in [-0.15, -0.1) is 0 Å². The van der Waals surface area contributed by atoms with Crippen molar-refractivity contribution in [1.29, 1.82) is 0 Å². The minimum atomic E-state index is -6.02. The Morgan fingerprint density at radius 1 is 0.909 bits per heavy atom. The molecule has 1 atom stereocenters. The molecular formula is C31H32F6N2O5. The van der Waals surface area contributed by atoms with Crippen molar-refractivity contribution in [3.8, 4) is 17.2 Å². The summed E-state index contributed by atoms with van der Waals surface area (Å²) in [6, 6.07) is 14.7. The summed E-state index contributed by atoms with van der Waals surface area (Å²) in [6.07, 6.45) is -10.7. The summed E-state index contributed by atoms with van der Waals surface area (Å²) >= 11 is 0. The molecule has 7 nitrogen and oxygen atoms in total. The number of phenols is 2. The number of ether oxygens (including phenoxy) is 1. The Labute approximate surface area is 249 Å². The third-order valence-electron chi connectivity index (χ3n) is 7.84. The van der Waals surface area contributed by atoms with Crippen molar-refractivity contribution in [2.24, 2.45) is 0 Å². The van der Waals surface area contributed by atoms with Gasteiger partial charge in [0.15, 0.2) is 11.5 Å². The van der Waals surface area contributed by atoms with Crippen molar-refractivity contribution in [2.75, 3.05) is 19.7 Å². The lowest BCUT2D eigenvalue weighted by Crippen LogP contribution is -2.53. The first kappa shape index (κ1) is 32.8. The molecule has 1 aliphatic heterocycles. The Kier molecular flexibility index (Phi) is 9.29. The summed E-state index contributed by atoms with van der Waals surface area (Å²) in [6.45, 7) is 2.58. The average Bonchev–Trinajstić information content (AvgIpc) is 3.30. The molecule has 44 heavy (non-hydrogen) atoms. The summed E-state index contributed by atoms with van der Waals surface area (Å²) in [5.41, 5.74) is -5.93. The standard InChI is InChI=1S/C31H32F6N2O5/c1-2-28(22-10-12-24(40)25(41)18-22)19-39(27(42)38-28)14-6-7-15-44-26-13-11-23(29(43,30(32,33)34)31(35,36)37)17-21(26)16-20-8-4-3-5-9-20/h3-5,8-13,17-18,40-41,43H,2,6-7,14-16,19H2,1H3,(H,38,42).